The molecule has 6 rings (SSSR count). The Morgan fingerprint density at radius 1 is 1.16 bits per heavy atom. The Morgan fingerprint density at radius 3 is 2.72 bits per heavy atom. The van der Waals surface area contributed by atoms with Gasteiger partial charge in [-0.15, -0.1) is 0 Å². The number of hydrogen-bond donors (Lipinski definition) is 3. The molecule has 0 unspecified atom stereocenters. The van der Waals surface area contributed by atoms with Crippen LogP contribution >= 0.6 is 0 Å². The number of hydrogen-bond acceptors (Lipinski definition) is 9. The molecule has 43 heavy (non-hydrogen) atoms. The Hall–Kier alpha value is -4.69. The van der Waals surface area contributed by atoms with Crippen molar-refractivity contribution in [2.45, 2.75) is 38.7 Å². The minimum absolute atomic E-state index is 0.182. The van der Waals surface area contributed by atoms with Gasteiger partial charge in [-0.2, -0.15) is 10.1 Å². The smallest absolute Gasteiger partial charge is 0.251 e. The van der Waals surface area contributed by atoms with Crippen LogP contribution in [0.1, 0.15) is 30.7 Å². The first kappa shape index (κ1) is 28.4. The summed E-state index contributed by atoms with van der Waals surface area (Å²) >= 11 is 0. The highest BCUT2D eigenvalue weighted by Crippen LogP contribution is 2.39. The van der Waals surface area contributed by atoms with Crippen LogP contribution in [0.2, 0.25) is 0 Å². The van der Waals surface area contributed by atoms with E-state index >= 15 is 4.39 Å². The van der Waals surface area contributed by atoms with E-state index in [9.17, 15) is 13.5 Å². The molecule has 1 aromatic carbocycles. The van der Waals surface area contributed by atoms with Crippen molar-refractivity contribution in [3.8, 4) is 22.5 Å². The summed E-state index contributed by atoms with van der Waals surface area (Å²) in [7, 11) is -2.25. The first-order chi connectivity index (χ1) is 20.4. The molecule has 3 aliphatic rings. The monoisotopic (exact) mass is 603 g/mol. The third kappa shape index (κ3) is 5.83. The van der Waals surface area contributed by atoms with Crippen LogP contribution in [-0.2, 0) is 35.0 Å². The van der Waals surface area contributed by atoms with Crippen LogP contribution < -0.4 is 15.7 Å². The number of pyridine rings is 2. The molecule has 0 amide bonds. The van der Waals surface area contributed by atoms with Crippen LogP contribution in [0.15, 0.2) is 60.1 Å². The van der Waals surface area contributed by atoms with E-state index in [0.717, 1.165) is 16.9 Å². The van der Waals surface area contributed by atoms with E-state index in [2.05, 4.69) is 35.1 Å². The van der Waals surface area contributed by atoms with Crippen molar-refractivity contribution >= 4 is 27.2 Å². The predicted octanol–water partition coefficient (Wildman–Crippen LogP) is 3.45. The van der Waals surface area contributed by atoms with Crippen molar-refractivity contribution in [1.29, 1.82) is 0 Å². The standard InChI is InChI=1S/C29H30FN9O3S/c1-17-9-24(30)25(37-43(41,42)16-20-11-19(5-6-31-20)29(2,3)40)12-22(17)23-10-18-13-33-28(35-21-14-34-38(4)15-21)36-26(18)39-8-7-32-27(23)39/h5-6,9-15,32,37,40H,7-8,16H2,1-4H3. The fourth-order valence-electron chi connectivity index (χ4n) is 5.08. The second-order valence-electron chi connectivity index (χ2n) is 11.0. The second kappa shape index (κ2) is 10.5. The van der Waals surface area contributed by atoms with Crippen LogP contribution in [0, 0.1) is 12.7 Å². The molecular weight excluding hydrogens is 573 g/mol. The number of anilines is 2. The van der Waals surface area contributed by atoms with Crippen molar-refractivity contribution < 1.29 is 17.9 Å². The van der Waals surface area contributed by atoms with Crippen LogP contribution in [0.25, 0.3) is 22.5 Å². The van der Waals surface area contributed by atoms with Gasteiger partial charge in [0.05, 0.1) is 29.4 Å². The summed E-state index contributed by atoms with van der Waals surface area (Å²) < 4.78 is 47.4. The van der Waals surface area contributed by atoms with E-state index in [4.69, 9.17) is 0 Å². The van der Waals surface area contributed by atoms with Crippen molar-refractivity contribution in [1.82, 2.24) is 29.3 Å². The summed E-state index contributed by atoms with van der Waals surface area (Å²) in [5, 5.41) is 17.8. The van der Waals surface area contributed by atoms with Gasteiger partial charge < -0.3 is 15.0 Å². The highest BCUT2D eigenvalue weighted by atomic mass is 32.2. The number of aromatic nitrogens is 6. The van der Waals surface area contributed by atoms with Crippen LogP contribution in [-0.4, -0.2) is 49.4 Å². The zero-order valence-electron chi connectivity index (χ0n) is 24.0. The lowest BCUT2D eigenvalue weighted by atomic mass is 9.98. The molecule has 3 aliphatic heterocycles. The van der Waals surface area contributed by atoms with Gasteiger partial charge in [-0.05, 0) is 67.8 Å². The fourth-order valence-corrected chi connectivity index (χ4v) is 6.19. The Kier molecular flexibility index (Phi) is 6.97. The van der Waals surface area contributed by atoms with Gasteiger partial charge in [0, 0.05) is 43.7 Å². The molecule has 0 bridgehead atoms. The summed E-state index contributed by atoms with van der Waals surface area (Å²) in [6, 6.07) is 7.85. The van der Waals surface area contributed by atoms with Gasteiger partial charge in [0.25, 0.3) is 5.62 Å². The maximum absolute atomic E-state index is 15.2. The highest BCUT2D eigenvalue weighted by molar-refractivity contribution is 7.91. The Bertz CT molecular complexity index is 2010. The highest BCUT2D eigenvalue weighted by Gasteiger charge is 2.25. The number of aliphatic hydroxyl groups is 1. The molecule has 3 aromatic rings. The van der Waals surface area contributed by atoms with Crippen molar-refractivity contribution in [3.63, 3.8) is 0 Å². The lowest BCUT2D eigenvalue weighted by Gasteiger charge is -2.19. The van der Waals surface area contributed by atoms with Crippen molar-refractivity contribution in [3.05, 3.63) is 83.4 Å². The molecule has 0 saturated carbocycles. The zero-order valence-corrected chi connectivity index (χ0v) is 24.8. The summed E-state index contributed by atoms with van der Waals surface area (Å²) in [6.45, 7) is 6.26. The molecule has 12 nitrogen and oxygen atoms in total. The van der Waals surface area contributed by atoms with E-state index in [1.54, 1.807) is 57.2 Å². The van der Waals surface area contributed by atoms with Gasteiger partial charge in [-0.3, -0.25) is 14.4 Å². The Morgan fingerprint density at radius 2 is 1.98 bits per heavy atom. The predicted molar refractivity (Wildman–Crippen MR) is 159 cm³/mol. The largest absolute Gasteiger partial charge is 0.386 e. The number of nitrogens with one attached hydrogen (secondary N) is 2. The number of aryl methyl sites for hydroxylation is 2. The number of rotatable bonds is 7. The molecule has 14 heteroatoms. The van der Waals surface area contributed by atoms with Gasteiger partial charge in [0.1, 0.15) is 28.9 Å². The number of benzene rings is 1. The van der Waals surface area contributed by atoms with E-state index in [0.29, 0.717) is 46.9 Å². The quantitative estimate of drug-likeness (QED) is 0.256. The van der Waals surface area contributed by atoms with Gasteiger partial charge in [-0.1, -0.05) is 0 Å². The normalized spacial score (nSPS) is 13.8. The molecule has 0 atom stereocenters. The summed E-state index contributed by atoms with van der Waals surface area (Å²) in [4.78, 5) is 17.7. The molecule has 0 spiro atoms. The van der Waals surface area contributed by atoms with E-state index < -0.39 is 27.2 Å². The van der Waals surface area contributed by atoms with E-state index in [1.807, 2.05) is 10.6 Å². The average molecular weight is 604 g/mol. The maximum Gasteiger partial charge on any atom is 0.251 e. The molecule has 3 N–H and O–H groups in total. The third-order valence-corrected chi connectivity index (χ3v) is 8.35. The van der Waals surface area contributed by atoms with Gasteiger partial charge in [0.15, 0.2) is 0 Å². The minimum atomic E-state index is -4.05. The molecule has 2 aromatic heterocycles. The van der Waals surface area contributed by atoms with Gasteiger partial charge >= 0.3 is 0 Å². The Balaban J connectivity index is 1.37. The van der Waals surface area contributed by atoms with Gasteiger partial charge in [-0.25, -0.2) is 22.8 Å². The zero-order chi connectivity index (χ0) is 30.5. The van der Waals surface area contributed by atoms with Crippen molar-refractivity contribution in [2.24, 2.45) is 12.0 Å². The molecule has 0 aliphatic carbocycles. The lowest BCUT2D eigenvalue weighted by Crippen LogP contribution is -2.19. The topological polar surface area (TPSA) is 152 Å². The van der Waals surface area contributed by atoms with Crippen LogP contribution in [0.3, 0.4) is 0 Å². The number of fused-ring (bicyclic) bond motifs is 3. The first-order valence-electron chi connectivity index (χ1n) is 13.5. The molecule has 222 valence electrons. The molecule has 0 saturated heterocycles. The Labute approximate surface area is 247 Å². The molecular formula is C29H30FN9O3S. The van der Waals surface area contributed by atoms with Crippen LogP contribution in [0.5, 0.6) is 0 Å². The SMILES string of the molecule is Cc1cc(F)c(NS(=O)(=O)Cc2cc(C(C)(C)O)ccn2)cc1-c1cc2cnc(=Nc3cnn(C)c3)nc-2n2c1NCC2. The second-order valence-corrected chi connectivity index (χ2v) is 12.7. The van der Waals surface area contributed by atoms with Crippen LogP contribution in [0.4, 0.5) is 21.6 Å². The summed E-state index contributed by atoms with van der Waals surface area (Å²) in [6.07, 6.45) is 6.52. The third-order valence-electron chi connectivity index (χ3n) is 7.14. The summed E-state index contributed by atoms with van der Waals surface area (Å²) in [5.74, 6) is 0.259. The number of sulfonamides is 1. The average Bonchev–Trinajstić information content (AvgIpc) is 3.59. The number of halogens is 1. The maximum atomic E-state index is 15.2. The summed E-state index contributed by atoms with van der Waals surface area (Å²) in [5.41, 5.74) is 3.10. The first-order valence-corrected chi connectivity index (χ1v) is 15.2. The molecule has 0 fully saturated rings. The lowest BCUT2D eigenvalue weighted by molar-refractivity contribution is 0.0784. The fraction of sp³-hybridized carbons (Fsp3) is 0.276. The minimum Gasteiger partial charge on any atom is -0.386 e. The van der Waals surface area contributed by atoms with E-state index in [-0.39, 0.29) is 11.4 Å². The van der Waals surface area contributed by atoms with Crippen molar-refractivity contribution in [2.75, 3.05) is 16.6 Å². The molecule has 5 heterocycles. The van der Waals surface area contributed by atoms with E-state index in [1.165, 1.54) is 24.4 Å². The molecule has 0 radical (unpaired) electrons. The number of nitrogens with zero attached hydrogens (tertiary/aromatic N) is 7. The van der Waals surface area contributed by atoms with Gasteiger partial charge in [0.2, 0.25) is 10.0 Å².